The molecule has 0 aliphatic heterocycles. The van der Waals surface area contributed by atoms with Crippen molar-refractivity contribution in [2.24, 2.45) is 5.92 Å². The number of anilines is 1. The molecule has 0 fully saturated rings. The summed E-state index contributed by atoms with van der Waals surface area (Å²) in [7, 11) is 0. The number of nitrogens with zero attached hydrogens (tertiary/aromatic N) is 1. The van der Waals surface area contributed by atoms with E-state index < -0.39 is 0 Å². The van der Waals surface area contributed by atoms with Crippen molar-refractivity contribution >= 4 is 22.5 Å². The molecule has 1 aromatic carbocycles. The van der Waals surface area contributed by atoms with Gasteiger partial charge in [0.2, 0.25) is 5.91 Å². The van der Waals surface area contributed by atoms with Crippen molar-refractivity contribution in [2.75, 3.05) is 5.32 Å². The highest BCUT2D eigenvalue weighted by Gasteiger charge is 2.12. The molecular formula is C14H16N2O. The number of hydrogen-bond donors (Lipinski definition) is 1. The monoisotopic (exact) mass is 228 g/mol. The van der Waals surface area contributed by atoms with Crippen molar-refractivity contribution in [1.29, 1.82) is 0 Å². The number of amides is 1. The number of para-hydroxylation sites is 1. The van der Waals surface area contributed by atoms with Crippen molar-refractivity contribution in [3.63, 3.8) is 0 Å². The van der Waals surface area contributed by atoms with Gasteiger partial charge in [-0.15, -0.1) is 0 Å². The maximum absolute atomic E-state index is 11.8. The Morgan fingerprint density at radius 3 is 2.88 bits per heavy atom. The van der Waals surface area contributed by atoms with E-state index in [9.17, 15) is 4.79 Å². The molecule has 1 atom stereocenters. The summed E-state index contributed by atoms with van der Waals surface area (Å²) in [5.74, 6) is 0.0691. The third-order valence-corrected chi connectivity index (χ3v) is 2.95. The average molecular weight is 228 g/mol. The van der Waals surface area contributed by atoms with Crippen LogP contribution in [0.5, 0.6) is 0 Å². The second kappa shape index (κ2) is 4.95. The summed E-state index contributed by atoms with van der Waals surface area (Å²) in [5.41, 5.74) is 1.63. The minimum atomic E-state index is 0.0222. The molecule has 1 N–H and O–H groups in total. The van der Waals surface area contributed by atoms with Crippen LogP contribution in [-0.4, -0.2) is 10.9 Å². The number of nitrogens with one attached hydrogen (secondary N) is 1. The van der Waals surface area contributed by atoms with Crippen LogP contribution in [0.2, 0.25) is 0 Å². The van der Waals surface area contributed by atoms with Crippen LogP contribution in [0, 0.1) is 5.92 Å². The van der Waals surface area contributed by atoms with Crippen LogP contribution in [0.3, 0.4) is 0 Å². The Hall–Kier alpha value is -1.90. The lowest BCUT2D eigenvalue weighted by atomic mass is 10.1. The van der Waals surface area contributed by atoms with Crippen LogP contribution in [-0.2, 0) is 4.79 Å². The second-order valence-corrected chi connectivity index (χ2v) is 4.18. The zero-order valence-electron chi connectivity index (χ0n) is 10.1. The van der Waals surface area contributed by atoms with E-state index in [-0.39, 0.29) is 11.8 Å². The first-order valence-corrected chi connectivity index (χ1v) is 5.87. The summed E-state index contributed by atoms with van der Waals surface area (Å²) in [5, 5.41) is 3.97. The van der Waals surface area contributed by atoms with E-state index in [0.29, 0.717) is 0 Å². The van der Waals surface area contributed by atoms with Gasteiger partial charge in [0.1, 0.15) is 0 Å². The van der Waals surface area contributed by atoms with Crippen molar-refractivity contribution in [3.05, 3.63) is 36.5 Å². The number of benzene rings is 1. The highest BCUT2D eigenvalue weighted by Crippen LogP contribution is 2.21. The topological polar surface area (TPSA) is 42.0 Å². The zero-order valence-corrected chi connectivity index (χ0v) is 10.1. The van der Waals surface area contributed by atoms with Gasteiger partial charge in [0, 0.05) is 17.5 Å². The van der Waals surface area contributed by atoms with Crippen molar-refractivity contribution < 1.29 is 4.79 Å². The molecule has 0 saturated carbocycles. The Balaban J connectivity index is 2.33. The smallest absolute Gasteiger partial charge is 0.227 e. The molecule has 0 aliphatic carbocycles. The lowest BCUT2D eigenvalue weighted by Gasteiger charge is -2.11. The molecule has 2 rings (SSSR count). The van der Waals surface area contributed by atoms with Crippen molar-refractivity contribution in [1.82, 2.24) is 4.98 Å². The van der Waals surface area contributed by atoms with Gasteiger partial charge in [0.15, 0.2) is 0 Å². The maximum Gasteiger partial charge on any atom is 0.227 e. The van der Waals surface area contributed by atoms with Gasteiger partial charge < -0.3 is 5.32 Å². The van der Waals surface area contributed by atoms with Crippen LogP contribution in [0.4, 0.5) is 5.69 Å². The number of carbonyl (C=O) groups is 1. The first-order chi connectivity index (χ1) is 8.22. The summed E-state index contributed by atoms with van der Waals surface area (Å²) in [4.78, 5) is 16.2. The van der Waals surface area contributed by atoms with Gasteiger partial charge in [-0.1, -0.05) is 32.0 Å². The van der Waals surface area contributed by atoms with Gasteiger partial charge in [-0.2, -0.15) is 0 Å². The van der Waals surface area contributed by atoms with E-state index in [1.54, 1.807) is 6.20 Å². The van der Waals surface area contributed by atoms with E-state index in [4.69, 9.17) is 0 Å². The van der Waals surface area contributed by atoms with Crippen molar-refractivity contribution in [2.45, 2.75) is 20.3 Å². The molecule has 3 heteroatoms. The zero-order chi connectivity index (χ0) is 12.3. The molecule has 0 radical (unpaired) electrons. The molecule has 1 heterocycles. The highest BCUT2D eigenvalue weighted by molar-refractivity contribution is 6.00. The number of rotatable bonds is 3. The van der Waals surface area contributed by atoms with Crippen LogP contribution >= 0.6 is 0 Å². The van der Waals surface area contributed by atoms with E-state index in [0.717, 1.165) is 23.0 Å². The van der Waals surface area contributed by atoms with Gasteiger partial charge in [0.25, 0.3) is 0 Å². The second-order valence-electron chi connectivity index (χ2n) is 4.18. The van der Waals surface area contributed by atoms with Gasteiger partial charge >= 0.3 is 0 Å². The largest absolute Gasteiger partial charge is 0.324 e. The predicted octanol–water partition coefficient (Wildman–Crippen LogP) is 3.22. The highest BCUT2D eigenvalue weighted by atomic mass is 16.1. The Kier molecular flexibility index (Phi) is 3.38. The molecule has 3 nitrogen and oxygen atoms in total. The van der Waals surface area contributed by atoms with Crippen LogP contribution in [0.15, 0.2) is 36.5 Å². The summed E-state index contributed by atoms with van der Waals surface area (Å²) in [6.45, 7) is 3.93. The van der Waals surface area contributed by atoms with Crippen LogP contribution < -0.4 is 5.32 Å². The average Bonchev–Trinajstić information content (AvgIpc) is 2.38. The Morgan fingerprint density at radius 2 is 2.12 bits per heavy atom. The Bertz CT molecular complexity index is 531. The number of aromatic nitrogens is 1. The molecule has 2 aromatic rings. The molecule has 0 spiro atoms. The van der Waals surface area contributed by atoms with Gasteiger partial charge in [-0.25, -0.2) is 0 Å². The fourth-order valence-corrected chi connectivity index (χ4v) is 1.65. The summed E-state index contributed by atoms with van der Waals surface area (Å²) >= 11 is 0. The Labute approximate surface area is 101 Å². The molecule has 1 amide bonds. The van der Waals surface area contributed by atoms with Crippen LogP contribution in [0.25, 0.3) is 10.9 Å². The fraction of sp³-hybridized carbons (Fsp3) is 0.286. The summed E-state index contributed by atoms with van der Waals surface area (Å²) < 4.78 is 0. The summed E-state index contributed by atoms with van der Waals surface area (Å²) in [6, 6.07) is 9.68. The number of pyridine rings is 1. The quantitative estimate of drug-likeness (QED) is 0.876. The lowest BCUT2D eigenvalue weighted by molar-refractivity contribution is -0.119. The standard InChI is InChI=1S/C14H16N2O/c1-3-10(2)14(17)16-12-8-4-6-11-7-5-9-15-13(11)12/h4-10H,3H2,1-2H3,(H,16,17). The molecule has 0 bridgehead atoms. The molecular weight excluding hydrogens is 212 g/mol. The Morgan fingerprint density at radius 1 is 1.35 bits per heavy atom. The van der Waals surface area contributed by atoms with E-state index in [1.165, 1.54) is 0 Å². The third kappa shape index (κ3) is 2.44. The van der Waals surface area contributed by atoms with E-state index in [2.05, 4.69) is 10.3 Å². The van der Waals surface area contributed by atoms with Gasteiger partial charge in [-0.3, -0.25) is 9.78 Å². The van der Waals surface area contributed by atoms with E-state index in [1.807, 2.05) is 44.2 Å². The van der Waals surface area contributed by atoms with Crippen molar-refractivity contribution in [3.8, 4) is 0 Å². The SMILES string of the molecule is CCC(C)C(=O)Nc1cccc2cccnc12. The summed E-state index contributed by atoms with van der Waals surface area (Å²) in [6.07, 6.45) is 2.57. The molecule has 1 aromatic heterocycles. The molecule has 1 unspecified atom stereocenters. The minimum Gasteiger partial charge on any atom is -0.324 e. The van der Waals surface area contributed by atoms with E-state index >= 15 is 0 Å². The minimum absolute atomic E-state index is 0.0222. The number of hydrogen-bond acceptors (Lipinski definition) is 2. The van der Waals surface area contributed by atoms with Crippen LogP contribution in [0.1, 0.15) is 20.3 Å². The van der Waals surface area contributed by atoms with Gasteiger partial charge in [-0.05, 0) is 18.6 Å². The molecule has 0 saturated heterocycles. The molecule has 0 aliphatic rings. The molecule has 17 heavy (non-hydrogen) atoms. The number of carbonyl (C=O) groups excluding carboxylic acids is 1. The predicted molar refractivity (Wildman–Crippen MR) is 69.8 cm³/mol. The van der Waals surface area contributed by atoms with Gasteiger partial charge in [0.05, 0.1) is 11.2 Å². The molecule has 88 valence electrons. The lowest BCUT2D eigenvalue weighted by Crippen LogP contribution is -2.19. The number of fused-ring (bicyclic) bond motifs is 1. The normalized spacial score (nSPS) is 12.4. The third-order valence-electron chi connectivity index (χ3n) is 2.95. The fourth-order valence-electron chi connectivity index (χ4n) is 1.65. The maximum atomic E-state index is 11.8. The first kappa shape index (κ1) is 11.6. The first-order valence-electron chi connectivity index (χ1n) is 5.87.